The van der Waals surface area contributed by atoms with Crippen molar-refractivity contribution in [1.82, 2.24) is 9.80 Å². The number of piperazine rings is 1. The number of ether oxygens (including phenoxy) is 1. The third-order valence-corrected chi connectivity index (χ3v) is 3.42. The third-order valence-electron chi connectivity index (χ3n) is 3.42. The second-order valence-electron chi connectivity index (χ2n) is 5.15. The van der Waals surface area contributed by atoms with Gasteiger partial charge >= 0.3 is 6.36 Å². The van der Waals surface area contributed by atoms with Gasteiger partial charge in [0.2, 0.25) is 0 Å². The monoisotopic (exact) mass is 303 g/mol. The summed E-state index contributed by atoms with van der Waals surface area (Å²) in [6.07, 6.45) is -4.65. The fraction of sp³-hybridized carbons (Fsp3) is 0.571. The Balaban J connectivity index is 1.77. The Hall–Kier alpha value is -1.47. The van der Waals surface area contributed by atoms with Crippen LogP contribution in [-0.2, 0) is 0 Å². The number of anilines is 1. The topological polar surface area (TPSA) is 27.7 Å². The average Bonchev–Trinajstić information content (AvgIpc) is 2.39. The van der Waals surface area contributed by atoms with Gasteiger partial charge in [-0.2, -0.15) is 0 Å². The Morgan fingerprint density at radius 2 is 1.90 bits per heavy atom. The second-order valence-corrected chi connectivity index (χ2v) is 5.15. The zero-order chi connectivity index (χ0) is 15.3. The lowest BCUT2D eigenvalue weighted by molar-refractivity contribution is -0.274. The maximum absolute atomic E-state index is 12.1. The highest BCUT2D eigenvalue weighted by Crippen LogP contribution is 2.24. The highest BCUT2D eigenvalue weighted by atomic mass is 19.4. The van der Waals surface area contributed by atoms with E-state index in [-0.39, 0.29) is 5.75 Å². The summed E-state index contributed by atoms with van der Waals surface area (Å²) in [7, 11) is 2.10. The molecule has 0 radical (unpaired) electrons. The number of benzene rings is 1. The molecule has 1 saturated heterocycles. The van der Waals surface area contributed by atoms with E-state index in [0.29, 0.717) is 12.2 Å². The molecule has 4 nitrogen and oxygen atoms in total. The predicted molar refractivity (Wildman–Crippen MR) is 75.6 cm³/mol. The van der Waals surface area contributed by atoms with E-state index in [0.717, 1.165) is 32.7 Å². The molecule has 1 aromatic carbocycles. The van der Waals surface area contributed by atoms with Crippen LogP contribution in [0.15, 0.2) is 24.3 Å². The smallest absolute Gasteiger partial charge is 0.406 e. The highest BCUT2D eigenvalue weighted by molar-refractivity contribution is 5.48. The molecule has 1 fully saturated rings. The van der Waals surface area contributed by atoms with E-state index in [4.69, 9.17) is 0 Å². The first-order valence-electron chi connectivity index (χ1n) is 6.93. The first kappa shape index (κ1) is 15.9. The molecule has 118 valence electrons. The van der Waals surface area contributed by atoms with E-state index in [1.54, 1.807) is 12.1 Å². The molecule has 1 aliphatic heterocycles. The van der Waals surface area contributed by atoms with Crippen LogP contribution in [-0.4, -0.2) is 62.5 Å². The van der Waals surface area contributed by atoms with Gasteiger partial charge in [-0.25, -0.2) is 0 Å². The Labute approximate surface area is 122 Å². The van der Waals surface area contributed by atoms with Gasteiger partial charge in [0.05, 0.1) is 0 Å². The van der Waals surface area contributed by atoms with Gasteiger partial charge in [0, 0.05) is 51.0 Å². The van der Waals surface area contributed by atoms with Crippen molar-refractivity contribution in [3.05, 3.63) is 24.3 Å². The molecule has 0 spiro atoms. The number of rotatable bonds is 5. The zero-order valence-corrected chi connectivity index (χ0v) is 12.0. The first-order chi connectivity index (χ1) is 9.92. The van der Waals surface area contributed by atoms with E-state index in [2.05, 4.69) is 26.9 Å². The van der Waals surface area contributed by atoms with Crippen LogP contribution in [0.4, 0.5) is 18.9 Å². The van der Waals surface area contributed by atoms with Crippen LogP contribution in [0.1, 0.15) is 0 Å². The van der Waals surface area contributed by atoms with Crippen LogP contribution in [0.5, 0.6) is 5.75 Å². The third kappa shape index (κ3) is 5.81. The molecule has 0 unspecified atom stereocenters. The normalized spacial score (nSPS) is 17.7. The summed E-state index contributed by atoms with van der Waals surface area (Å²) in [4.78, 5) is 4.62. The van der Waals surface area contributed by atoms with Crippen LogP contribution in [0.3, 0.4) is 0 Å². The van der Waals surface area contributed by atoms with Gasteiger partial charge < -0.3 is 15.0 Å². The maximum Gasteiger partial charge on any atom is 0.573 e. The van der Waals surface area contributed by atoms with Gasteiger partial charge in [-0.3, -0.25) is 4.90 Å². The molecule has 0 aromatic heterocycles. The Bertz CT molecular complexity index is 445. The molecule has 0 bridgehead atoms. The minimum absolute atomic E-state index is 0.202. The van der Waals surface area contributed by atoms with Crippen LogP contribution in [0.25, 0.3) is 0 Å². The molecule has 1 N–H and O–H groups in total. The van der Waals surface area contributed by atoms with Crippen molar-refractivity contribution in [2.75, 3.05) is 51.6 Å². The van der Waals surface area contributed by atoms with Crippen LogP contribution in [0, 0.1) is 0 Å². The lowest BCUT2D eigenvalue weighted by Gasteiger charge is -2.32. The lowest BCUT2D eigenvalue weighted by atomic mass is 10.3. The van der Waals surface area contributed by atoms with E-state index < -0.39 is 6.36 Å². The van der Waals surface area contributed by atoms with Crippen molar-refractivity contribution in [1.29, 1.82) is 0 Å². The van der Waals surface area contributed by atoms with Crippen LogP contribution in [0.2, 0.25) is 0 Å². The van der Waals surface area contributed by atoms with Crippen LogP contribution >= 0.6 is 0 Å². The van der Waals surface area contributed by atoms with Crippen LogP contribution < -0.4 is 10.1 Å². The Morgan fingerprint density at radius 1 is 1.19 bits per heavy atom. The summed E-state index contributed by atoms with van der Waals surface area (Å²) in [5.41, 5.74) is 0.630. The van der Waals surface area contributed by atoms with Crippen molar-refractivity contribution < 1.29 is 17.9 Å². The standard InChI is InChI=1S/C14H20F3N3O/c1-19-7-9-20(10-8-19)6-5-18-12-3-2-4-13(11-12)21-14(15,16)17/h2-4,11,18H,5-10H2,1H3. The van der Waals surface area contributed by atoms with Gasteiger partial charge in [0.15, 0.2) is 0 Å². The number of hydrogen-bond acceptors (Lipinski definition) is 4. The molecule has 21 heavy (non-hydrogen) atoms. The summed E-state index contributed by atoms with van der Waals surface area (Å²) in [5.74, 6) is -0.202. The number of hydrogen-bond donors (Lipinski definition) is 1. The van der Waals surface area contributed by atoms with Crippen molar-refractivity contribution in [2.45, 2.75) is 6.36 Å². The quantitative estimate of drug-likeness (QED) is 0.903. The highest BCUT2D eigenvalue weighted by Gasteiger charge is 2.31. The van der Waals surface area contributed by atoms with Gasteiger partial charge in [0.25, 0.3) is 0 Å². The van der Waals surface area contributed by atoms with E-state index in [9.17, 15) is 13.2 Å². The molecule has 1 aromatic rings. The van der Waals surface area contributed by atoms with E-state index >= 15 is 0 Å². The van der Waals surface area contributed by atoms with Gasteiger partial charge in [-0.05, 0) is 19.2 Å². The van der Waals surface area contributed by atoms with Gasteiger partial charge in [-0.15, -0.1) is 13.2 Å². The van der Waals surface area contributed by atoms with Gasteiger partial charge in [-0.1, -0.05) is 6.07 Å². The summed E-state index contributed by atoms with van der Waals surface area (Å²) in [6.45, 7) is 5.71. The Kier molecular flexibility index (Phi) is 5.30. The van der Waals surface area contributed by atoms with Crippen molar-refractivity contribution in [3.8, 4) is 5.75 Å². The lowest BCUT2D eigenvalue weighted by Crippen LogP contribution is -2.45. The fourth-order valence-electron chi connectivity index (χ4n) is 2.23. The predicted octanol–water partition coefficient (Wildman–Crippen LogP) is 2.24. The van der Waals surface area contributed by atoms with E-state index in [1.807, 2.05) is 0 Å². The molecule has 0 atom stereocenters. The van der Waals surface area contributed by atoms with Crippen molar-refractivity contribution in [2.24, 2.45) is 0 Å². The minimum atomic E-state index is -4.65. The van der Waals surface area contributed by atoms with E-state index in [1.165, 1.54) is 12.1 Å². The largest absolute Gasteiger partial charge is 0.573 e. The molecule has 0 saturated carbocycles. The summed E-state index contributed by atoms with van der Waals surface area (Å²) >= 11 is 0. The number of nitrogens with one attached hydrogen (secondary N) is 1. The second kappa shape index (κ2) is 7.00. The number of alkyl halides is 3. The van der Waals surface area contributed by atoms with Gasteiger partial charge in [0.1, 0.15) is 5.75 Å². The summed E-state index contributed by atoms with van der Waals surface area (Å²) in [6, 6.07) is 5.92. The fourth-order valence-corrected chi connectivity index (χ4v) is 2.23. The maximum atomic E-state index is 12.1. The molecule has 0 amide bonds. The Morgan fingerprint density at radius 3 is 2.57 bits per heavy atom. The molecule has 1 aliphatic rings. The van der Waals surface area contributed by atoms with Crippen molar-refractivity contribution in [3.63, 3.8) is 0 Å². The SMILES string of the molecule is CN1CCN(CCNc2cccc(OC(F)(F)F)c2)CC1. The molecule has 1 heterocycles. The number of likely N-dealkylation sites (N-methyl/N-ethyl adjacent to an activating group) is 1. The average molecular weight is 303 g/mol. The minimum Gasteiger partial charge on any atom is -0.406 e. The molecule has 0 aliphatic carbocycles. The molecular weight excluding hydrogens is 283 g/mol. The number of halogens is 3. The summed E-state index contributed by atoms with van der Waals surface area (Å²) in [5, 5.41) is 3.13. The molecular formula is C14H20F3N3O. The zero-order valence-electron chi connectivity index (χ0n) is 12.0. The summed E-state index contributed by atoms with van der Waals surface area (Å²) < 4.78 is 40.3. The first-order valence-corrected chi connectivity index (χ1v) is 6.93. The molecule has 2 rings (SSSR count). The van der Waals surface area contributed by atoms with Crippen molar-refractivity contribution >= 4 is 5.69 Å². The molecule has 7 heteroatoms. The number of nitrogens with zero attached hydrogens (tertiary/aromatic N) is 2.